The molecule has 1 aliphatic heterocycles. The summed E-state index contributed by atoms with van der Waals surface area (Å²) < 4.78 is 41.7. The first-order chi connectivity index (χ1) is 12.6. The molecule has 5 rings (SSSR count). The minimum absolute atomic E-state index is 0.0178. The molecule has 3 heterocycles. The second kappa shape index (κ2) is 5.32. The van der Waals surface area contributed by atoms with Crippen LogP contribution in [0.25, 0.3) is 22.2 Å². The average Bonchev–Trinajstić information content (AvgIpc) is 3.01. The number of fused-ring (bicyclic) bond motifs is 2. The van der Waals surface area contributed by atoms with Crippen molar-refractivity contribution < 1.29 is 13.2 Å². The van der Waals surface area contributed by atoms with Gasteiger partial charge < -0.3 is 10.3 Å². The monoisotopic (exact) mass is 352 g/mol. The van der Waals surface area contributed by atoms with Gasteiger partial charge in [-0.25, -0.2) is 13.2 Å². The SMILES string of the molecule is Fc1cc(F)c(C2Nc3ccccc3-c3cnnc4[nH]cc2c34)cc1F. The van der Waals surface area contributed by atoms with Crippen molar-refractivity contribution in [2.45, 2.75) is 6.04 Å². The zero-order valence-corrected chi connectivity index (χ0v) is 13.2. The van der Waals surface area contributed by atoms with Gasteiger partial charge in [0.2, 0.25) is 0 Å². The molecule has 0 bridgehead atoms. The summed E-state index contributed by atoms with van der Waals surface area (Å²) in [6, 6.07) is 8.24. The van der Waals surface area contributed by atoms with Crippen molar-refractivity contribution in [1.82, 2.24) is 15.2 Å². The van der Waals surface area contributed by atoms with Gasteiger partial charge in [0, 0.05) is 45.6 Å². The molecule has 1 unspecified atom stereocenters. The van der Waals surface area contributed by atoms with E-state index in [1.807, 2.05) is 24.3 Å². The van der Waals surface area contributed by atoms with E-state index >= 15 is 0 Å². The van der Waals surface area contributed by atoms with Crippen molar-refractivity contribution in [1.29, 1.82) is 0 Å². The molecule has 128 valence electrons. The molecule has 2 aromatic heterocycles. The Bertz CT molecular complexity index is 1170. The highest BCUT2D eigenvalue weighted by Crippen LogP contribution is 2.43. The van der Waals surface area contributed by atoms with Crippen molar-refractivity contribution in [2.24, 2.45) is 0 Å². The van der Waals surface area contributed by atoms with E-state index in [0.29, 0.717) is 17.3 Å². The summed E-state index contributed by atoms with van der Waals surface area (Å²) in [5, 5.41) is 12.1. The van der Waals surface area contributed by atoms with Gasteiger partial charge in [-0.05, 0) is 12.1 Å². The molecular formula is C19H11F3N4. The van der Waals surface area contributed by atoms with Crippen LogP contribution in [-0.4, -0.2) is 15.2 Å². The Morgan fingerprint density at radius 2 is 1.69 bits per heavy atom. The van der Waals surface area contributed by atoms with Crippen LogP contribution in [0.3, 0.4) is 0 Å². The molecule has 0 saturated heterocycles. The van der Waals surface area contributed by atoms with Crippen LogP contribution >= 0.6 is 0 Å². The zero-order valence-electron chi connectivity index (χ0n) is 13.2. The number of aromatic nitrogens is 3. The Morgan fingerprint density at radius 3 is 2.58 bits per heavy atom. The lowest BCUT2D eigenvalue weighted by Gasteiger charge is -2.20. The summed E-state index contributed by atoms with van der Waals surface area (Å²) in [7, 11) is 0. The summed E-state index contributed by atoms with van der Waals surface area (Å²) in [6.07, 6.45) is 3.33. The molecule has 1 aliphatic rings. The predicted molar refractivity (Wildman–Crippen MR) is 91.1 cm³/mol. The topological polar surface area (TPSA) is 53.6 Å². The van der Waals surface area contributed by atoms with Gasteiger partial charge in [-0.3, -0.25) is 0 Å². The number of aromatic amines is 1. The molecule has 1 atom stereocenters. The lowest BCUT2D eigenvalue weighted by molar-refractivity contribution is 0.489. The number of H-pyrrole nitrogens is 1. The maximum absolute atomic E-state index is 14.5. The molecule has 0 saturated carbocycles. The number of nitrogens with zero attached hydrogens (tertiary/aromatic N) is 2. The Kier molecular flexibility index (Phi) is 3.06. The lowest BCUT2D eigenvalue weighted by atomic mass is 9.97. The zero-order chi connectivity index (χ0) is 17.8. The smallest absolute Gasteiger partial charge is 0.161 e. The fourth-order valence-corrected chi connectivity index (χ4v) is 3.51. The van der Waals surface area contributed by atoms with Crippen molar-refractivity contribution in [2.75, 3.05) is 5.32 Å². The van der Waals surface area contributed by atoms with Gasteiger partial charge in [-0.15, -0.1) is 5.10 Å². The van der Waals surface area contributed by atoms with E-state index in [4.69, 9.17) is 0 Å². The number of hydrogen-bond donors (Lipinski definition) is 2. The average molecular weight is 352 g/mol. The molecule has 0 aliphatic carbocycles. The first-order valence-electron chi connectivity index (χ1n) is 7.96. The molecule has 4 nitrogen and oxygen atoms in total. The summed E-state index contributed by atoms with van der Waals surface area (Å²) in [5.74, 6) is -3.13. The van der Waals surface area contributed by atoms with Crippen LogP contribution in [0.5, 0.6) is 0 Å². The second-order valence-corrected chi connectivity index (χ2v) is 6.14. The van der Waals surface area contributed by atoms with Crippen LogP contribution in [0.4, 0.5) is 18.9 Å². The van der Waals surface area contributed by atoms with Crippen molar-refractivity contribution in [3.05, 3.63) is 77.4 Å². The van der Waals surface area contributed by atoms with E-state index in [2.05, 4.69) is 20.5 Å². The predicted octanol–water partition coefficient (Wildman–Crippen LogP) is 4.56. The highest BCUT2D eigenvalue weighted by atomic mass is 19.2. The third-order valence-electron chi connectivity index (χ3n) is 4.68. The maximum atomic E-state index is 14.5. The first-order valence-corrected chi connectivity index (χ1v) is 7.96. The number of halogens is 3. The highest BCUT2D eigenvalue weighted by molar-refractivity contribution is 6.00. The Balaban J connectivity index is 1.85. The summed E-state index contributed by atoms with van der Waals surface area (Å²) >= 11 is 0. The Morgan fingerprint density at radius 1 is 0.885 bits per heavy atom. The standard InChI is InChI=1S/C19H11F3N4/c20-13-6-15(22)14(21)5-10(13)18-12-7-23-19-17(12)11(8-24-26-19)9-3-1-2-4-16(9)25-18/h1-8,18,25H,(H,23,26). The van der Waals surface area contributed by atoms with E-state index < -0.39 is 23.5 Å². The van der Waals surface area contributed by atoms with Crippen LogP contribution < -0.4 is 5.32 Å². The minimum atomic E-state index is -1.22. The van der Waals surface area contributed by atoms with E-state index in [9.17, 15) is 13.2 Å². The Labute approximate surface area is 145 Å². The van der Waals surface area contributed by atoms with Crippen LogP contribution in [-0.2, 0) is 0 Å². The van der Waals surface area contributed by atoms with Gasteiger partial charge in [0.05, 0.1) is 12.2 Å². The van der Waals surface area contributed by atoms with E-state index in [1.54, 1.807) is 12.4 Å². The molecule has 0 spiro atoms. The van der Waals surface area contributed by atoms with Gasteiger partial charge in [0.25, 0.3) is 0 Å². The molecule has 4 aromatic rings. The lowest BCUT2D eigenvalue weighted by Crippen LogP contribution is -2.14. The number of anilines is 1. The van der Waals surface area contributed by atoms with Crippen LogP contribution in [0, 0.1) is 17.5 Å². The van der Waals surface area contributed by atoms with E-state index in [0.717, 1.165) is 28.3 Å². The fraction of sp³-hybridized carbons (Fsp3) is 0.0526. The van der Waals surface area contributed by atoms with Gasteiger partial charge in [0.15, 0.2) is 17.3 Å². The molecule has 0 amide bonds. The van der Waals surface area contributed by atoms with Gasteiger partial charge >= 0.3 is 0 Å². The summed E-state index contributed by atoms with van der Waals surface area (Å²) in [6.45, 7) is 0. The van der Waals surface area contributed by atoms with Gasteiger partial charge in [-0.1, -0.05) is 18.2 Å². The van der Waals surface area contributed by atoms with Crippen LogP contribution in [0.1, 0.15) is 17.2 Å². The minimum Gasteiger partial charge on any atom is -0.373 e. The fourth-order valence-electron chi connectivity index (χ4n) is 3.51. The largest absolute Gasteiger partial charge is 0.373 e. The van der Waals surface area contributed by atoms with E-state index in [-0.39, 0.29) is 5.56 Å². The number of rotatable bonds is 1. The van der Waals surface area contributed by atoms with Crippen molar-refractivity contribution >= 4 is 16.7 Å². The van der Waals surface area contributed by atoms with Gasteiger partial charge in [-0.2, -0.15) is 5.10 Å². The third kappa shape index (κ3) is 2.03. The molecule has 26 heavy (non-hydrogen) atoms. The first kappa shape index (κ1) is 14.9. The van der Waals surface area contributed by atoms with Crippen LogP contribution in [0.15, 0.2) is 48.8 Å². The van der Waals surface area contributed by atoms with Crippen molar-refractivity contribution in [3.8, 4) is 11.1 Å². The summed E-state index contributed by atoms with van der Waals surface area (Å²) in [4.78, 5) is 3.02. The molecular weight excluding hydrogens is 341 g/mol. The molecule has 7 heteroatoms. The van der Waals surface area contributed by atoms with Crippen molar-refractivity contribution in [3.63, 3.8) is 0 Å². The molecule has 2 aromatic carbocycles. The van der Waals surface area contributed by atoms with Crippen LogP contribution in [0.2, 0.25) is 0 Å². The highest BCUT2D eigenvalue weighted by Gasteiger charge is 2.28. The van der Waals surface area contributed by atoms with E-state index in [1.165, 1.54) is 0 Å². The normalized spacial score (nSPS) is 15.4. The molecule has 0 fully saturated rings. The quantitative estimate of drug-likeness (QED) is 0.494. The number of benzene rings is 2. The van der Waals surface area contributed by atoms with Gasteiger partial charge in [0.1, 0.15) is 5.82 Å². The molecule has 0 radical (unpaired) electrons. The number of para-hydroxylation sites is 1. The Hall–Kier alpha value is -3.35. The maximum Gasteiger partial charge on any atom is 0.161 e. The second-order valence-electron chi connectivity index (χ2n) is 6.14. The number of hydrogen-bond acceptors (Lipinski definition) is 3. The summed E-state index contributed by atoms with van der Waals surface area (Å²) in [5.41, 5.74) is 3.70. The molecule has 2 N–H and O–H groups in total. The third-order valence-corrected chi connectivity index (χ3v) is 4.68. The number of nitrogens with one attached hydrogen (secondary N) is 2.